The molecule has 0 fully saturated rings. The SMILES string of the molecule is CCCCn1c2ccccc2c2ccnc(C(=O)O)c21. The first-order valence-electron chi connectivity index (χ1n) is 6.83. The molecule has 0 aliphatic carbocycles. The highest BCUT2D eigenvalue weighted by Crippen LogP contribution is 2.30. The molecule has 4 nitrogen and oxygen atoms in total. The predicted octanol–water partition coefficient (Wildman–Crippen LogP) is 3.69. The molecule has 2 aromatic heterocycles. The standard InChI is InChI=1S/C16H16N2O2/c1-2-3-10-18-13-7-5-4-6-11(13)12-8-9-17-14(15(12)18)16(19)20/h4-9H,2-3,10H2,1H3,(H,19,20). The molecule has 0 unspecified atom stereocenters. The Kier molecular flexibility index (Phi) is 3.14. The third kappa shape index (κ3) is 1.84. The second-order valence-corrected chi connectivity index (χ2v) is 4.88. The number of para-hydroxylation sites is 1. The van der Waals surface area contributed by atoms with E-state index in [-0.39, 0.29) is 5.69 Å². The molecule has 0 saturated heterocycles. The Bertz CT molecular complexity index is 790. The molecule has 1 N–H and O–H groups in total. The zero-order valence-corrected chi connectivity index (χ0v) is 11.3. The lowest BCUT2D eigenvalue weighted by molar-refractivity contribution is 0.0692. The summed E-state index contributed by atoms with van der Waals surface area (Å²) in [6.07, 6.45) is 3.65. The van der Waals surface area contributed by atoms with Crippen LogP contribution in [0.5, 0.6) is 0 Å². The highest BCUT2D eigenvalue weighted by molar-refractivity contribution is 6.13. The molecule has 0 spiro atoms. The largest absolute Gasteiger partial charge is 0.476 e. The summed E-state index contributed by atoms with van der Waals surface area (Å²) in [6, 6.07) is 9.93. The van der Waals surface area contributed by atoms with Gasteiger partial charge in [-0.2, -0.15) is 0 Å². The van der Waals surface area contributed by atoms with Crippen molar-refractivity contribution in [3.63, 3.8) is 0 Å². The fourth-order valence-corrected chi connectivity index (χ4v) is 2.71. The smallest absolute Gasteiger partial charge is 0.356 e. The number of rotatable bonds is 4. The number of aromatic nitrogens is 2. The molecule has 0 saturated carbocycles. The molecule has 3 rings (SSSR count). The van der Waals surface area contributed by atoms with Gasteiger partial charge in [-0.25, -0.2) is 9.78 Å². The van der Waals surface area contributed by atoms with Crippen LogP contribution in [0.1, 0.15) is 30.3 Å². The Morgan fingerprint density at radius 2 is 2.05 bits per heavy atom. The van der Waals surface area contributed by atoms with Crippen LogP contribution in [0, 0.1) is 0 Å². The van der Waals surface area contributed by atoms with Crippen molar-refractivity contribution in [1.29, 1.82) is 0 Å². The number of carboxylic acids is 1. The highest BCUT2D eigenvalue weighted by Gasteiger charge is 2.17. The van der Waals surface area contributed by atoms with Gasteiger partial charge in [-0.05, 0) is 18.6 Å². The minimum Gasteiger partial charge on any atom is -0.476 e. The Labute approximate surface area is 116 Å². The first-order chi connectivity index (χ1) is 9.74. The molecule has 0 radical (unpaired) electrons. The Hall–Kier alpha value is -2.36. The topological polar surface area (TPSA) is 55.1 Å². The fraction of sp³-hybridized carbons (Fsp3) is 0.250. The van der Waals surface area contributed by atoms with Crippen LogP contribution in [0.4, 0.5) is 0 Å². The molecular weight excluding hydrogens is 252 g/mol. The Balaban J connectivity index is 2.42. The maximum Gasteiger partial charge on any atom is 0.356 e. The van der Waals surface area contributed by atoms with Gasteiger partial charge in [-0.3, -0.25) is 0 Å². The maximum atomic E-state index is 11.4. The number of hydrogen-bond acceptors (Lipinski definition) is 2. The lowest BCUT2D eigenvalue weighted by Gasteiger charge is -2.07. The van der Waals surface area contributed by atoms with Crippen molar-refractivity contribution in [2.45, 2.75) is 26.3 Å². The van der Waals surface area contributed by atoms with E-state index in [0.717, 1.165) is 41.2 Å². The van der Waals surface area contributed by atoms with Gasteiger partial charge in [0.2, 0.25) is 0 Å². The van der Waals surface area contributed by atoms with Gasteiger partial charge in [-0.1, -0.05) is 31.5 Å². The number of carbonyl (C=O) groups is 1. The fourth-order valence-electron chi connectivity index (χ4n) is 2.71. The minimum atomic E-state index is -0.976. The number of unbranched alkanes of at least 4 members (excludes halogenated alkanes) is 1. The van der Waals surface area contributed by atoms with E-state index in [4.69, 9.17) is 0 Å². The van der Waals surface area contributed by atoms with E-state index in [1.165, 1.54) is 0 Å². The summed E-state index contributed by atoms with van der Waals surface area (Å²) >= 11 is 0. The molecule has 20 heavy (non-hydrogen) atoms. The van der Waals surface area contributed by atoms with Crippen LogP contribution >= 0.6 is 0 Å². The van der Waals surface area contributed by atoms with Crippen LogP contribution in [-0.2, 0) is 6.54 Å². The molecule has 1 aromatic carbocycles. The maximum absolute atomic E-state index is 11.4. The van der Waals surface area contributed by atoms with Crippen LogP contribution in [0.3, 0.4) is 0 Å². The van der Waals surface area contributed by atoms with Crippen molar-refractivity contribution >= 4 is 27.8 Å². The molecule has 0 atom stereocenters. The number of nitrogens with zero attached hydrogens (tertiary/aromatic N) is 2. The summed E-state index contributed by atoms with van der Waals surface area (Å²) in [5.74, 6) is -0.976. The van der Waals surface area contributed by atoms with E-state index >= 15 is 0 Å². The number of hydrogen-bond donors (Lipinski definition) is 1. The molecule has 4 heteroatoms. The summed E-state index contributed by atoms with van der Waals surface area (Å²) in [6.45, 7) is 2.94. The molecule has 102 valence electrons. The average molecular weight is 268 g/mol. The number of aromatic carboxylic acids is 1. The van der Waals surface area contributed by atoms with Gasteiger partial charge < -0.3 is 9.67 Å². The molecule has 3 aromatic rings. The molecule has 0 aliphatic heterocycles. The second-order valence-electron chi connectivity index (χ2n) is 4.88. The minimum absolute atomic E-state index is 0.134. The third-order valence-electron chi connectivity index (χ3n) is 3.62. The van der Waals surface area contributed by atoms with Crippen molar-refractivity contribution in [2.24, 2.45) is 0 Å². The number of benzene rings is 1. The molecule has 0 amide bonds. The second kappa shape index (κ2) is 4.96. The number of fused-ring (bicyclic) bond motifs is 3. The Morgan fingerprint density at radius 3 is 2.80 bits per heavy atom. The molecule has 0 bridgehead atoms. The van der Waals surface area contributed by atoms with E-state index in [1.54, 1.807) is 6.20 Å². The third-order valence-corrected chi connectivity index (χ3v) is 3.62. The van der Waals surface area contributed by atoms with Crippen molar-refractivity contribution < 1.29 is 9.90 Å². The van der Waals surface area contributed by atoms with Crippen LogP contribution in [0.2, 0.25) is 0 Å². The summed E-state index contributed by atoms with van der Waals surface area (Å²) in [7, 11) is 0. The van der Waals surface area contributed by atoms with Gasteiger partial charge in [0.05, 0.1) is 5.52 Å². The van der Waals surface area contributed by atoms with Crippen LogP contribution < -0.4 is 0 Å². The quantitative estimate of drug-likeness (QED) is 0.785. The highest BCUT2D eigenvalue weighted by atomic mass is 16.4. The first kappa shape index (κ1) is 12.7. The van der Waals surface area contributed by atoms with E-state index in [1.807, 2.05) is 30.3 Å². The predicted molar refractivity (Wildman–Crippen MR) is 79.1 cm³/mol. The Morgan fingerprint density at radius 1 is 1.25 bits per heavy atom. The monoisotopic (exact) mass is 268 g/mol. The first-order valence-corrected chi connectivity index (χ1v) is 6.83. The number of carboxylic acid groups (broad SMARTS) is 1. The van der Waals surface area contributed by atoms with Crippen LogP contribution in [0.25, 0.3) is 21.8 Å². The number of aryl methyl sites for hydroxylation is 1. The van der Waals surface area contributed by atoms with Gasteiger partial charge in [0.15, 0.2) is 5.69 Å². The van der Waals surface area contributed by atoms with E-state index < -0.39 is 5.97 Å². The summed E-state index contributed by atoms with van der Waals surface area (Å²) < 4.78 is 2.09. The molecular formula is C16H16N2O2. The molecule has 2 heterocycles. The lowest BCUT2D eigenvalue weighted by atomic mass is 10.1. The van der Waals surface area contributed by atoms with Crippen molar-refractivity contribution in [2.75, 3.05) is 0 Å². The molecule has 0 aliphatic rings. The average Bonchev–Trinajstić information content (AvgIpc) is 2.79. The summed E-state index contributed by atoms with van der Waals surface area (Å²) in [4.78, 5) is 15.5. The van der Waals surface area contributed by atoms with Gasteiger partial charge in [-0.15, -0.1) is 0 Å². The van der Waals surface area contributed by atoms with Crippen LogP contribution in [-0.4, -0.2) is 20.6 Å². The van der Waals surface area contributed by atoms with E-state index in [9.17, 15) is 9.90 Å². The van der Waals surface area contributed by atoms with Crippen LogP contribution in [0.15, 0.2) is 36.5 Å². The normalized spacial score (nSPS) is 11.2. The zero-order valence-electron chi connectivity index (χ0n) is 11.3. The van der Waals surface area contributed by atoms with Gasteiger partial charge in [0.25, 0.3) is 0 Å². The van der Waals surface area contributed by atoms with Crippen molar-refractivity contribution in [3.05, 3.63) is 42.2 Å². The van der Waals surface area contributed by atoms with Crippen molar-refractivity contribution in [1.82, 2.24) is 9.55 Å². The van der Waals surface area contributed by atoms with Gasteiger partial charge in [0.1, 0.15) is 0 Å². The van der Waals surface area contributed by atoms with E-state index in [2.05, 4.69) is 16.5 Å². The summed E-state index contributed by atoms with van der Waals surface area (Å²) in [5, 5.41) is 11.4. The van der Waals surface area contributed by atoms with Gasteiger partial charge in [0, 0.05) is 29.0 Å². The van der Waals surface area contributed by atoms with E-state index in [0.29, 0.717) is 0 Å². The van der Waals surface area contributed by atoms with Gasteiger partial charge >= 0.3 is 5.97 Å². The number of pyridine rings is 1. The van der Waals surface area contributed by atoms with Crippen molar-refractivity contribution in [3.8, 4) is 0 Å². The zero-order chi connectivity index (χ0) is 14.1. The summed E-state index contributed by atoms with van der Waals surface area (Å²) in [5.41, 5.74) is 1.94. The lowest BCUT2D eigenvalue weighted by Crippen LogP contribution is -2.06.